The van der Waals surface area contributed by atoms with Crippen LogP contribution in [0.3, 0.4) is 0 Å². The Balaban J connectivity index is 1.73. The van der Waals surface area contributed by atoms with E-state index in [0.29, 0.717) is 18.5 Å². The number of hydrogen-bond acceptors (Lipinski definition) is 3. The minimum atomic E-state index is 0.418. The average molecular weight is 333 g/mol. The molecule has 4 nitrogen and oxygen atoms in total. The summed E-state index contributed by atoms with van der Waals surface area (Å²) < 4.78 is 6.01. The summed E-state index contributed by atoms with van der Waals surface area (Å²) in [6.07, 6.45) is 2.34. The monoisotopic (exact) mass is 333 g/mol. The van der Waals surface area contributed by atoms with Gasteiger partial charge in [-0.1, -0.05) is 35.4 Å². The van der Waals surface area contributed by atoms with Crippen LogP contribution >= 0.6 is 0 Å². The second kappa shape index (κ2) is 6.71. The summed E-state index contributed by atoms with van der Waals surface area (Å²) in [5, 5.41) is 0. The summed E-state index contributed by atoms with van der Waals surface area (Å²) in [6.45, 7) is 5.87. The minimum Gasteiger partial charge on any atom is -0.473 e. The molecule has 2 aromatic carbocycles. The maximum absolute atomic E-state index is 6.01. The number of amidine groups is 1. The van der Waals surface area contributed by atoms with Crippen LogP contribution in [0.2, 0.25) is 0 Å². The van der Waals surface area contributed by atoms with E-state index in [1.807, 2.05) is 24.3 Å². The zero-order valence-electron chi connectivity index (χ0n) is 14.8. The molecule has 1 unspecified atom stereocenters. The zero-order chi connectivity index (χ0) is 17.2. The molecule has 4 rings (SSSR count). The van der Waals surface area contributed by atoms with E-state index >= 15 is 0 Å². The van der Waals surface area contributed by atoms with Crippen LogP contribution < -0.4 is 0 Å². The molecule has 2 aliphatic heterocycles. The fraction of sp³-hybridized carbons (Fsp3) is 0.333. The van der Waals surface area contributed by atoms with Crippen LogP contribution in [-0.2, 0) is 4.74 Å². The molecule has 0 bridgehead atoms. The molecule has 0 radical (unpaired) electrons. The Morgan fingerprint density at radius 2 is 1.48 bits per heavy atom. The van der Waals surface area contributed by atoms with Crippen molar-refractivity contribution < 1.29 is 4.74 Å². The lowest BCUT2D eigenvalue weighted by Gasteiger charge is -2.33. The van der Waals surface area contributed by atoms with E-state index in [4.69, 9.17) is 14.7 Å². The van der Waals surface area contributed by atoms with Gasteiger partial charge < -0.3 is 9.64 Å². The van der Waals surface area contributed by atoms with Crippen molar-refractivity contribution in [1.29, 1.82) is 0 Å². The van der Waals surface area contributed by atoms with E-state index in [2.05, 4.69) is 43.0 Å². The van der Waals surface area contributed by atoms with E-state index in [0.717, 1.165) is 30.2 Å². The number of rotatable bonds is 2. The first-order valence-corrected chi connectivity index (χ1v) is 8.89. The highest BCUT2D eigenvalue weighted by molar-refractivity contribution is 6.39. The standard InChI is InChI=1S/C21H23N3O/c1-15-5-9-17(10-6-15)22-20-21(23-18-11-7-16(2)8-12-18)25-14-19-4-3-13-24(19)20/h5-12,19H,3-4,13-14H2,1-2H3. The lowest BCUT2D eigenvalue weighted by molar-refractivity contribution is 0.196. The SMILES string of the molecule is Cc1ccc(N=C2OCC3CCCN3C2=Nc2ccc(C)cc2)cc1. The molecule has 0 aromatic heterocycles. The lowest BCUT2D eigenvalue weighted by atomic mass is 10.2. The molecular weight excluding hydrogens is 310 g/mol. The van der Waals surface area contributed by atoms with Gasteiger partial charge in [0.05, 0.1) is 17.4 Å². The summed E-state index contributed by atoms with van der Waals surface area (Å²) in [6, 6.07) is 16.9. The number of aryl methyl sites for hydroxylation is 2. The highest BCUT2D eigenvalue weighted by Crippen LogP contribution is 2.26. The summed E-state index contributed by atoms with van der Waals surface area (Å²) in [5.41, 5.74) is 4.29. The molecule has 2 saturated heterocycles. The van der Waals surface area contributed by atoms with Gasteiger partial charge in [0.1, 0.15) is 6.61 Å². The third kappa shape index (κ3) is 3.43. The normalized spacial score (nSPS) is 23.0. The van der Waals surface area contributed by atoms with Gasteiger partial charge in [0.25, 0.3) is 5.90 Å². The smallest absolute Gasteiger partial charge is 0.258 e. The van der Waals surface area contributed by atoms with Crippen LogP contribution in [0.1, 0.15) is 24.0 Å². The minimum absolute atomic E-state index is 0.418. The van der Waals surface area contributed by atoms with Crippen LogP contribution in [0.4, 0.5) is 11.4 Å². The third-order valence-corrected chi connectivity index (χ3v) is 4.79. The van der Waals surface area contributed by atoms with E-state index in [1.54, 1.807) is 0 Å². The van der Waals surface area contributed by atoms with Crippen molar-refractivity contribution in [3.05, 3.63) is 59.7 Å². The Morgan fingerprint density at radius 1 is 0.880 bits per heavy atom. The average Bonchev–Trinajstić information content (AvgIpc) is 3.10. The third-order valence-electron chi connectivity index (χ3n) is 4.79. The number of benzene rings is 2. The number of hydrogen-bond donors (Lipinski definition) is 0. The summed E-state index contributed by atoms with van der Waals surface area (Å²) in [7, 11) is 0. The molecule has 0 spiro atoms. The first-order valence-electron chi connectivity index (χ1n) is 8.89. The molecule has 128 valence electrons. The van der Waals surface area contributed by atoms with Gasteiger partial charge in [-0.25, -0.2) is 9.98 Å². The molecular formula is C21H23N3O. The van der Waals surface area contributed by atoms with E-state index < -0.39 is 0 Å². The Kier molecular flexibility index (Phi) is 4.26. The molecule has 0 amide bonds. The maximum atomic E-state index is 6.01. The molecule has 25 heavy (non-hydrogen) atoms. The van der Waals surface area contributed by atoms with Gasteiger partial charge in [-0.05, 0) is 51.0 Å². The molecule has 4 heteroatoms. The molecule has 2 heterocycles. The van der Waals surface area contributed by atoms with Gasteiger partial charge in [0.2, 0.25) is 0 Å². The largest absolute Gasteiger partial charge is 0.473 e. The highest BCUT2D eigenvalue weighted by atomic mass is 16.5. The van der Waals surface area contributed by atoms with Crippen LogP contribution in [0.5, 0.6) is 0 Å². The number of morpholine rings is 1. The fourth-order valence-electron chi connectivity index (χ4n) is 3.32. The summed E-state index contributed by atoms with van der Waals surface area (Å²) >= 11 is 0. The number of ether oxygens (including phenoxy) is 1. The number of aliphatic imine (C=N–C) groups is 2. The van der Waals surface area contributed by atoms with Crippen LogP contribution in [-0.4, -0.2) is 35.8 Å². The quantitative estimate of drug-likeness (QED) is 0.808. The van der Waals surface area contributed by atoms with Gasteiger partial charge in [0, 0.05) is 6.54 Å². The Labute approximate surface area is 148 Å². The topological polar surface area (TPSA) is 37.2 Å². The summed E-state index contributed by atoms with van der Waals surface area (Å²) in [5.74, 6) is 1.49. The van der Waals surface area contributed by atoms with Crippen molar-refractivity contribution in [2.75, 3.05) is 13.2 Å². The molecule has 2 aromatic rings. The van der Waals surface area contributed by atoms with Crippen LogP contribution in [0, 0.1) is 13.8 Å². The highest BCUT2D eigenvalue weighted by Gasteiger charge is 2.35. The van der Waals surface area contributed by atoms with Crippen molar-refractivity contribution >= 4 is 23.1 Å². The van der Waals surface area contributed by atoms with Crippen LogP contribution in [0.25, 0.3) is 0 Å². The fourth-order valence-corrected chi connectivity index (χ4v) is 3.32. The van der Waals surface area contributed by atoms with E-state index in [9.17, 15) is 0 Å². The molecule has 0 saturated carbocycles. The zero-order valence-corrected chi connectivity index (χ0v) is 14.8. The predicted molar refractivity (Wildman–Crippen MR) is 102 cm³/mol. The Bertz CT molecular complexity index is 806. The van der Waals surface area contributed by atoms with E-state index in [1.165, 1.54) is 17.5 Å². The van der Waals surface area contributed by atoms with Gasteiger partial charge in [-0.15, -0.1) is 0 Å². The Hall–Kier alpha value is -2.62. The van der Waals surface area contributed by atoms with Crippen molar-refractivity contribution in [3.8, 4) is 0 Å². The molecule has 2 aliphatic rings. The molecule has 1 atom stereocenters. The number of fused-ring (bicyclic) bond motifs is 1. The van der Waals surface area contributed by atoms with Gasteiger partial charge in [-0.3, -0.25) is 0 Å². The van der Waals surface area contributed by atoms with Gasteiger partial charge in [-0.2, -0.15) is 0 Å². The first-order chi connectivity index (χ1) is 12.2. The van der Waals surface area contributed by atoms with Crippen molar-refractivity contribution in [3.63, 3.8) is 0 Å². The number of nitrogens with zero attached hydrogens (tertiary/aromatic N) is 3. The molecule has 0 N–H and O–H groups in total. The van der Waals surface area contributed by atoms with Crippen molar-refractivity contribution in [1.82, 2.24) is 4.90 Å². The van der Waals surface area contributed by atoms with Gasteiger partial charge in [0.15, 0.2) is 5.84 Å². The van der Waals surface area contributed by atoms with E-state index in [-0.39, 0.29) is 0 Å². The second-order valence-electron chi connectivity index (χ2n) is 6.82. The van der Waals surface area contributed by atoms with Crippen molar-refractivity contribution in [2.45, 2.75) is 32.7 Å². The molecule has 0 aliphatic carbocycles. The molecule has 2 fully saturated rings. The maximum Gasteiger partial charge on any atom is 0.258 e. The van der Waals surface area contributed by atoms with Crippen LogP contribution in [0.15, 0.2) is 58.5 Å². The van der Waals surface area contributed by atoms with Gasteiger partial charge >= 0.3 is 0 Å². The first kappa shape index (κ1) is 15.9. The predicted octanol–water partition coefficient (Wildman–Crippen LogP) is 4.56. The lowest BCUT2D eigenvalue weighted by Crippen LogP contribution is -2.48. The summed E-state index contributed by atoms with van der Waals surface area (Å²) in [4.78, 5) is 12.0. The Morgan fingerprint density at radius 3 is 2.12 bits per heavy atom. The van der Waals surface area contributed by atoms with Crippen molar-refractivity contribution in [2.24, 2.45) is 9.98 Å². The second-order valence-corrected chi connectivity index (χ2v) is 6.82.